The summed E-state index contributed by atoms with van der Waals surface area (Å²) in [6, 6.07) is 19.0. The van der Waals surface area contributed by atoms with Crippen molar-refractivity contribution >= 4 is 28.8 Å². The summed E-state index contributed by atoms with van der Waals surface area (Å²) in [4.78, 5) is 17.2. The van der Waals surface area contributed by atoms with Crippen molar-refractivity contribution in [3.63, 3.8) is 0 Å². The third kappa shape index (κ3) is 4.74. The first kappa shape index (κ1) is 22.5. The quantitative estimate of drug-likeness (QED) is 0.412. The smallest absolute Gasteiger partial charge is 0.224 e. The fraction of sp³-hybridized carbons (Fsp3) is 0.231. The molecule has 7 heteroatoms. The van der Waals surface area contributed by atoms with Crippen LogP contribution in [0.25, 0.3) is 5.65 Å². The van der Waals surface area contributed by atoms with E-state index in [-0.39, 0.29) is 5.91 Å². The molecule has 0 radical (unpaired) electrons. The van der Waals surface area contributed by atoms with E-state index < -0.39 is 5.92 Å². The second kappa shape index (κ2) is 9.43. The monoisotopic (exact) mass is 457 g/mol. The van der Waals surface area contributed by atoms with Crippen LogP contribution in [0.2, 0.25) is 5.02 Å². The number of hydrogen-bond donors (Lipinski definition) is 1. The summed E-state index contributed by atoms with van der Waals surface area (Å²) in [5.41, 5.74) is 6.84. The Morgan fingerprint density at radius 3 is 2.61 bits per heavy atom. The van der Waals surface area contributed by atoms with Gasteiger partial charge in [0.1, 0.15) is 0 Å². The van der Waals surface area contributed by atoms with Crippen LogP contribution >= 0.6 is 11.6 Å². The highest BCUT2D eigenvalue weighted by Crippen LogP contribution is 2.32. The number of aromatic nitrogens is 3. The standard InChI is InChI=1S/C26H24ClN5O/c1-16-13-25-29-17(2)21(18(3)32(25)31-16)11-12-26(33)30-20-9-10-22(24(27)14-20)23(15-28)19-7-5-4-6-8-19/h4-10,13-14,23H,11-12H2,1-3H3,(H,30,33). The zero-order valence-corrected chi connectivity index (χ0v) is 19.5. The normalized spacial score (nSPS) is 11.8. The van der Waals surface area contributed by atoms with Gasteiger partial charge in [0, 0.05) is 34.6 Å². The molecule has 0 bridgehead atoms. The molecule has 6 nitrogen and oxygen atoms in total. The van der Waals surface area contributed by atoms with Gasteiger partial charge in [-0.2, -0.15) is 10.4 Å². The Morgan fingerprint density at radius 2 is 1.91 bits per heavy atom. The van der Waals surface area contributed by atoms with Crippen LogP contribution in [0.15, 0.2) is 54.6 Å². The van der Waals surface area contributed by atoms with E-state index in [4.69, 9.17) is 11.6 Å². The molecule has 1 amide bonds. The van der Waals surface area contributed by atoms with E-state index in [9.17, 15) is 10.1 Å². The van der Waals surface area contributed by atoms with E-state index in [0.717, 1.165) is 33.9 Å². The number of carbonyl (C=O) groups excluding carboxylic acids is 1. The first-order valence-electron chi connectivity index (χ1n) is 10.7. The number of aryl methyl sites for hydroxylation is 3. The zero-order chi connectivity index (χ0) is 23.5. The molecule has 0 saturated heterocycles. The highest BCUT2D eigenvalue weighted by atomic mass is 35.5. The number of carbonyl (C=O) groups is 1. The van der Waals surface area contributed by atoms with Gasteiger partial charge in [-0.15, -0.1) is 0 Å². The number of benzene rings is 2. The van der Waals surface area contributed by atoms with Gasteiger partial charge in [0.2, 0.25) is 5.91 Å². The number of hydrogen-bond acceptors (Lipinski definition) is 4. The van der Waals surface area contributed by atoms with Gasteiger partial charge in [-0.25, -0.2) is 9.50 Å². The number of amides is 1. The van der Waals surface area contributed by atoms with E-state index in [1.54, 1.807) is 18.2 Å². The van der Waals surface area contributed by atoms with Gasteiger partial charge >= 0.3 is 0 Å². The average Bonchev–Trinajstić information content (AvgIpc) is 3.16. The van der Waals surface area contributed by atoms with Crippen molar-refractivity contribution in [2.45, 2.75) is 39.5 Å². The topological polar surface area (TPSA) is 83.1 Å². The second-order valence-electron chi connectivity index (χ2n) is 8.07. The Bertz CT molecular complexity index is 1370. The molecule has 4 aromatic rings. The number of anilines is 1. The summed E-state index contributed by atoms with van der Waals surface area (Å²) in [5.74, 6) is -0.586. The first-order chi connectivity index (χ1) is 15.9. The van der Waals surface area contributed by atoms with Gasteiger partial charge < -0.3 is 5.32 Å². The van der Waals surface area contributed by atoms with Crippen molar-refractivity contribution in [3.05, 3.63) is 93.4 Å². The van der Waals surface area contributed by atoms with Gasteiger partial charge in [-0.1, -0.05) is 48.0 Å². The minimum atomic E-state index is -0.470. The van der Waals surface area contributed by atoms with Gasteiger partial charge in [0.05, 0.1) is 17.7 Å². The number of nitrogens with one attached hydrogen (secondary N) is 1. The predicted octanol–water partition coefficient (Wildman–Crippen LogP) is 5.53. The lowest BCUT2D eigenvalue weighted by molar-refractivity contribution is -0.116. The first-order valence-corrected chi connectivity index (χ1v) is 11.1. The molecule has 0 aliphatic carbocycles. The van der Waals surface area contributed by atoms with Gasteiger partial charge in [-0.05, 0) is 56.0 Å². The van der Waals surface area contributed by atoms with E-state index in [0.29, 0.717) is 29.1 Å². The van der Waals surface area contributed by atoms with Crippen LogP contribution in [0.1, 0.15) is 46.1 Å². The summed E-state index contributed by atoms with van der Waals surface area (Å²) in [7, 11) is 0. The Kier molecular flexibility index (Phi) is 6.43. The predicted molar refractivity (Wildman–Crippen MR) is 129 cm³/mol. The van der Waals surface area contributed by atoms with E-state index in [1.807, 2.05) is 61.7 Å². The summed E-state index contributed by atoms with van der Waals surface area (Å²) < 4.78 is 1.83. The molecule has 1 unspecified atom stereocenters. The highest BCUT2D eigenvalue weighted by molar-refractivity contribution is 6.31. The summed E-state index contributed by atoms with van der Waals surface area (Å²) in [6.07, 6.45) is 0.862. The fourth-order valence-electron chi connectivity index (χ4n) is 4.07. The molecule has 0 fully saturated rings. The molecule has 2 heterocycles. The number of rotatable bonds is 6. The molecule has 33 heavy (non-hydrogen) atoms. The lowest BCUT2D eigenvalue weighted by Gasteiger charge is -2.14. The van der Waals surface area contributed by atoms with Gasteiger partial charge in [0.15, 0.2) is 5.65 Å². The molecule has 166 valence electrons. The van der Waals surface area contributed by atoms with Crippen molar-refractivity contribution in [1.29, 1.82) is 5.26 Å². The van der Waals surface area contributed by atoms with Crippen molar-refractivity contribution in [2.75, 3.05) is 5.32 Å². The lowest BCUT2D eigenvalue weighted by Crippen LogP contribution is -2.14. The van der Waals surface area contributed by atoms with Crippen LogP contribution in [-0.2, 0) is 11.2 Å². The van der Waals surface area contributed by atoms with Crippen LogP contribution in [0.5, 0.6) is 0 Å². The third-order valence-corrected chi connectivity index (χ3v) is 6.07. The fourth-order valence-corrected chi connectivity index (χ4v) is 4.36. The van der Waals surface area contributed by atoms with Crippen LogP contribution in [0, 0.1) is 32.1 Å². The zero-order valence-electron chi connectivity index (χ0n) is 18.8. The lowest BCUT2D eigenvalue weighted by atomic mass is 9.92. The van der Waals surface area contributed by atoms with Crippen molar-refractivity contribution in [2.24, 2.45) is 0 Å². The molecule has 4 rings (SSSR count). The van der Waals surface area contributed by atoms with E-state index in [2.05, 4.69) is 21.5 Å². The van der Waals surface area contributed by atoms with Crippen LogP contribution in [-0.4, -0.2) is 20.5 Å². The second-order valence-corrected chi connectivity index (χ2v) is 8.48. The SMILES string of the molecule is Cc1cc2nc(C)c(CCC(=O)Nc3ccc(C(C#N)c4ccccc4)c(Cl)c3)c(C)n2n1. The largest absolute Gasteiger partial charge is 0.326 e. The molecule has 0 spiro atoms. The molecule has 0 aliphatic rings. The maximum Gasteiger partial charge on any atom is 0.224 e. The van der Waals surface area contributed by atoms with Crippen LogP contribution < -0.4 is 5.32 Å². The molecule has 0 aliphatic heterocycles. The van der Waals surface area contributed by atoms with Crippen LogP contribution in [0.3, 0.4) is 0 Å². The third-order valence-electron chi connectivity index (χ3n) is 5.75. The molecule has 2 aromatic carbocycles. The number of halogens is 1. The molecular weight excluding hydrogens is 434 g/mol. The minimum absolute atomic E-state index is 0.116. The maximum atomic E-state index is 12.6. The maximum absolute atomic E-state index is 12.6. The van der Waals surface area contributed by atoms with Crippen molar-refractivity contribution in [3.8, 4) is 6.07 Å². The van der Waals surface area contributed by atoms with Gasteiger partial charge in [-0.3, -0.25) is 4.79 Å². The molecule has 0 saturated carbocycles. The Hall–Kier alpha value is -3.69. The molecule has 1 atom stereocenters. The van der Waals surface area contributed by atoms with E-state index >= 15 is 0 Å². The number of nitrogens with zero attached hydrogens (tertiary/aromatic N) is 4. The Morgan fingerprint density at radius 1 is 1.15 bits per heavy atom. The Balaban J connectivity index is 1.46. The van der Waals surface area contributed by atoms with Crippen LogP contribution in [0.4, 0.5) is 5.69 Å². The molecule has 2 aromatic heterocycles. The number of fused-ring (bicyclic) bond motifs is 1. The summed E-state index contributed by atoms with van der Waals surface area (Å²) >= 11 is 6.49. The van der Waals surface area contributed by atoms with Gasteiger partial charge in [0.25, 0.3) is 0 Å². The highest BCUT2D eigenvalue weighted by Gasteiger charge is 2.17. The van der Waals surface area contributed by atoms with E-state index in [1.165, 1.54) is 0 Å². The molecule has 1 N–H and O–H groups in total. The van der Waals surface area contributed by atoms with Crippen molar-refractivity contribution < 1.29 is 4.79 Å². The number of nitriles is 1. The summed E-state index contributed by atoms with van der Waals surface area (Å²) in [6.45, 7) is 5.89. The minimum Gasteiger partial charge on any atom is -0.326 e. The van der Waals surface area contributed by atoms with Crippen molar-refractivity contribution in [1.82, 2.24) is 14.6 Å². The average molecular weight is 458 g/mol. The molecular formula is C26H24ClN5O. The summed E-state index contributed by atoms with van der Waals surface area (Å²) in [5, 5.41) is 17.5. The Labute approximate surface area is 197 Å².